The monoisotopic (exact) mass is 182 g/mol. The van der Waals surface area contributed by atoms with Crippen molar-refractivity contribution in [1.82, 2.24) is 5.32 Å². The van der Waals surface area contributed by atoms with E-state index in [2.05, 4.69) is 19.2 Å². The molecule has 3 nitrogen and oxygen atoms in total. The van der Waals surface area contributed by atoms with Crippen LogP contribution in [0.3, 0.4) is 0 Å². The number of hydrogen-bond acceptors (Lipinski definition) is 3. The molecule has 0 aliphatic heterocycles. The topological polar surface area (TPSA) is 51.2 Å². The molecule has 0 amide bonds. The molecule has 0 aliphatic carbocycles. The summed E-state index contributed by atoms with van der Waals surface area (Å²) in [6.45, 7) is 5.68. The normalized spacial score (nSPS) is 13.2. The summed E-state index contributed by atoms with van der Waals surface area (Å²) in [5.41, 5.74) is 6.73. The molecule has 0 saturated carbocycles. The summed E-state index contributed by atoms with van der Waals surface area (Å²) in [5.74, 6) is 1.07. The summed E-state index contributed by atoms with van der Waals surface area (Å²) in [5, 5.41) is 3.32. The Balaban J connectivity index is 2.44. The molecular weight excluding hydrogens is 164 g/mol. The van der Waals surface area contributed by atoms with Crippen LogP contribution in [0.1, 0.15) is 25.2 Å². The fourth-order valence-electron chi connectivity index (χ4n) is 1.20. The summed E-state index contributed by atoms with van der Waals surface area (Å²) in [7, 11) is 0. The first-order chi connectivity index (χ1) is 6.27. The maximum atomic E-state index is 5.50. The fourth-order valence-corrected chi connectivity index (χ4v) is 1.20. The first kappa shape index (κ1) is 10.3. The van der Waals surface area contributed by atoms with E-state index in [0.717, 1.165) is 18.7 Å². The van der Waals surface area contributed by atoms with Crippen molar-refractivity contribution < 1.29 is 4.42 Å². The molecule has 0 aliphatic rings. The molecule has 0 bridgehead atoms. The third-order valence-electron chi connectivity index (χ3n) is 2.15. The van der Waals surface area contributed by atoms with Gasteiger partial charge in [0.15, 0.2) is 0 Å². The van der Waals surface area contributed by atoms with Crippen molar-refractivity contribution in [1.29, 1.82) is 0 Å². The molecule has 74 valence electrons. The van der Waals surface area contributed by atoms with E-state index < -0.39 is 0 Å². The minimum Gasteiger partial charge on any atom is -0.469 e. The zero-order chi connectivity index (χ0) is 9.68. The Bertz CT molecular complexity index is 245. The molecule has 0 radical (unpaired) electrons. The van der Waals surface area contributed by atoms with Gasteiger partial charge in [-0.05, 0) is 13.0 Å². The SMILES string of the molecule is CCc1occc1CN[C@H](C)CN. The third kappa shape index (κ3) is 2.86. The number of hydrogen-bond donors (Lipinski definition) is 2. The second-order valence-electron chi connectivity index (χ2n) is 3.24. The van der Waals surface area contributed by atoms with E-state index in [1.54, 1.807) is 6.26 Å². The van der Waals surface area contributed by atoms with Gasteiger partial charge in [0, 0.05) is 31.1 Å². The molecule has 3 heteroatoms. The second kappa shape index (κ2) is 5.04. The highest BCUT2D eigenvalue weighted by atomic mass is 16.3. The molecule has 1 atom stereocenters. The van der Waals surface area contributed by atoms with Gasteiger partial charge in [0.1, 0.15) is 5.76 Å². The molecule has 13 heavy (non-hydrogen) atoms. The van der Waals surface area contributed by atoms with Crippen molar-refractivity contribution >= 4 is 0 Å². The van der Waals surface area contributed by atoms with Crippen molar-refractivity contribution in [3.8, 4) is 0 Å². The van der Waals surface area contributed by atoms with Gasteiger partial charge in [-0.1, -0.05) is 6.92 Å². The lowest BCUT2D eigenvalue weighted by molar-refractivity contribution is 0.500. The number of aryl methyl sites for hydroxylation is 1. The predicted molar refractivity (Wildman–Crippen MR) is 53.4 cm³/mol. The molecule has 0 spiro atoms. The lowest BCUT2D eigenvalue weighted by Gasteiger charge is -2.10. The summed E-state index contributed by atoms with van der Waals surface area (Å²) < 4.78 is 5.31. The Kier molecular flexibility index (Phi) is 3.99. The first-order valence-corrected chi connectivity index (χ1v) is 4.76. The number of furan rings is 1. The molecule has 3 N–H and O–H groups in total. The largest absolute Gasteiger partial charge is 0.469 e. The lowest BCUT2D eigenvalue weighted by atomic mass is 10.2. The van der Waals surface area contributed by atoms with Gasteiger partial charge >= 0.3 is 0 Å². The maximum Gasteiger partial charge on any atom is 0.107 e. The summed E-state index contributed by atoms with van der Waals surface area (Å²) in [4.78, 5) is 0. The summed E-state index contributed by atoms with van der Waals surface area (Å²) >= 11 is 0. The average Bonchev–Trinajstić information content (AvgIpc) is 2.61. The minimum absolute atomic E-state index is 0.361. The van der Waals surface area contributed by atoms with Crippen LogP contribution in [0.4, 0.5) is 0 Å². The fraction of sp³-hybridized carbons (Fsp3) is 0.600. The highest BCUT2D eigenvalue weighted by Crippen LogP contribution is 2.10. The van der Waals surface area contributed by atoms with Crippen LogP contribution < -0.4 is 11.1 Å². The average molecular weight is 182 g/mol. The Labute approximate surface area is 79.3 Å². The van der Waals surface area contributed by atoms with Gasteiger partial charge in [0.25, 0.3) is 0 Å². The van der Waals surface area contributed by atoms with Gasteiger partial charge in [-0.25, -0.2) is 0 Å². The van der Waals surface area contributed by atoms with Crippen LogP contribution in [0.2, 0.25) is 0 Å². The van der Waals surface area contributed by atoms with Crippen LogP contribution in [0.5, 0.6) is 0 Å². The van der Waals surface area contributed by atoms with Crippen LogP contribution in [0, 0.1) is 0 Å². The van der Waals surface area contributed by atoms with Crippen molar-refractivity contribution in [3.63, 3.8) is 0 Å². The summed E-state index contributed by atoms with van der Waals surface area (Å²) in [6.07, 6.45) is 2.68. The maximum absolute atomic E-state index is 5.50. The molecule has 0 fully saturated rings. The van der Waals surface area contributed by atoms with Gasteiger partial charge in [-0.15, -0.1) is 0 Å². The smallest absolute Gasteiger partial charge is 0.107 e. The Morgan fingerprint density at radius 1 is 1.62 bits per heavy atom. The predicted octanol–water partition coefficient (Wildman–Crippen LogP) is 1.28. The van der Waals surface area contributed by atoms with Crippen LogP contribution >= 0.6 is 0 Å². The van der Waals surface area contributed by atoms with Crippen LogP contribution in [-0.4, -0.2) is 12.6 Å². The van der Waals surface area contributed by atoms with E-state index in [9.17, 15) is 0 Å². The van der Waals surface area contributed by atoms with Gasteiger partial charge in [0.05, 0.1) is 6.26 Å². The molecule has 1 aromatic heterocycles. The van der Waals surface area contributed by atoms with E-state index in [1.165, 1.54) is 5.56 Å². The third-order valence-corrected chi connectivity index (χ3v) is 2.15. The van der Waals surface area contributed by atoms with E-state index in [4.69, 9.17) is 10.2 Å². The van der Waals surface area contributed by atoms with Crippen LogP contribution in [0.25, 0.3) is 0 Å². The molecule has 0 saturated heterocycles. The standard InChI is InChI=1S/C10H18N2O/c1-3-10-9(4-5-13-10)7-12-8(2)6-11/h4-5,8,12H,3,6-7,11H2,1-2H3/t8-/m1/s1. The zero-order valence-electron chi connectivity index (χ0n) is 8.34. The minimum atomic E-state index is 0.361. The molecular formula is C10H18N2O. The van der Waals surface area contributed by atoms with Gasteiger partial charge in [-0.3, -0.25) is 0 Å². The number of rotatable bonds is 5. The van der Waals surface area contributed by atoms with Crippen LogP contribution in [-0.2, 0) is 13.0 Å². The highest BCUT2D eigenvalue weighted by molar-refractivity contribution is 5.16. The van der Waals surface area contributed by atoms with E-state index in [-0.39, 0.29) is 0 Å². The van der Waals surface area contributed by atoms with E-state index >= 15 is 0 Å². The number of nitrogens with two attached hydrogens (primary N) is 1. The Hall–Kier alpha value is -0.800. The number of nitrogens with one attached hydrogen (secondary N) is 1. The van der Waals surface area contributed by atoms with E-state index in [1.807, 2.05) is 6.07 Å². The molecule has 0 aromatic carbocycles. The molecule has 1 rings (SSSR count). The lowest BCUT2D eigenvalue weighted by Crippen LogP contribution is -2.32. The molecule has 1 aromatic rings. The van der Waals surface area contributed by atoms with E-state index in [0.29, 0.717) is 12.6 Å². The summed E-state index contributed by atoms with van der Waals surface area (Å²) in [6, 6.07) is 2.37. The van der Waals surface area contributed by atoms with Crippen LogP contribution in [0.15, 0.2) is 16.7 Å². The van der Waals surface area contributed by atoms with Gasteiger partial charge in [-0.2, -0.15) is 0 Å². The quantitative estimate of drug-likeness (QED) is 0.721. The zero-order valence-corrected chi connectivity index (χ0v) is 8.34. The first-order valence-electron chi connectivity index (χ1n) is 4.76. The highest BCUT2D eigenvalue weighted by Gasteiger charge is 2.04. The van der Waals surface area contributed by atoms with Gasteiger partial charge in [0.2, 0.25) is 0 Å². The second-order valence-corrected chi connectivity index (χ2v) is 3.24. The Morgan fingerprint density at radius 3 is 3.00 bits per heavy atom. The molecule has 0 unspecified atom stereocenters. The van der Waals surface area contributed by atoms with Crippen molar-refractivity contribution in [2.75, 3.05) is 6.54 Å². The van der Waals surface area contributed by atoms with Gasteiger partial charge < -0.3 is 15.5 Å². The van der Waals surface area contributed by atoms with Crippen molar-refractivity contribution in [2.45, 2.75) is 32.9 Å². The van der Waals surface area contributed by atoms with Crippen molar-refractivity contribution in [3.05, 3.63) is 23.7 Å². The van der Waals surface area contributed by atoms with Crippen molar-refractivity contribution in [2.24, 2.45) is 5.73 Å². The molecule has 1 heterocycles. The Morgan fingerprint density at radius 2 is 2.38 bits per heavy atom.